The highest BCUT2D eigenvalue weighted by molar-refractivity contribution is 5.73. The lowest BCUT2D eigenvalue weighted by Crippen LogP contribution is -2.35. The predicted molar refractivity (Wildman–Crippen MR) is 103 cm³/mol. The van der Waals surface area contributed by atoms with Crippen LogP contribution in [-0.4, -0.2) is 39.1 Å². The first-order valence-electron chi connectivity index (χ1n) is 9.28. The van der Waals surface area contributed by atoms with Gasteiger partial charge in [0.05, 0.1) is 35.5 Å². The number of anilines is 1. The predicted octanol–water partition coefficient (Wildman–Crippen LogP) is 3.55. The highest BCUT2D eigenvalue weighted by Crippen LogP contribution is 2.28. The second-order valence-corrected chi connectivity index (χ2v) is 6.86. The van der Waals surface area contributed by atoms with Crippen molar-refractivity contribution in [1.29, 1.82) is 5.53 Å². The molecular weight excluding hydrogens is 415 g/mol. The minimum Gasteiger partial charge on any atom is -0.470 e. The van der Waals surface area contributed by atoms with Gasteiger partial charge in [0, 0.05) is 19.5 Å². The van der Waals surface area contributed by atoms with Gasteiger partial charge in [-0.3, -0.25) is 4.79 Å². The molecule has 2 N–H and O–H groups in total. The number of carbonyl (C=O) groups excluding carboxylic acids is 1. The van der Waals surface area contributed by atoms with Crippen molar-refractivity contribution in [2.75, 3.05) is 18.5 Å². The average Bonchev–Trinajstić information content (AvgIpc) is 2.75. The monoisotopic (exact) mass is 435 g/mol. The number of hydrogen-bond donors (Lipinski definition) is 2. The van der Waals surface area contributed by atoms with E-state index < -0.39 is 11.9 Å². The molecular formula is C19H20F3N7O2. The van der Waals surface area contributed by atoms with Crippen LogP contribution in [0.25, 0.3) is 0 Å². The van der Waals surface area contributed by atoms with E-state index >= 15 is 0 Å². The molecule has 0 saturated heterocycles. The third kappa shape index (κ3) is 5.53. The van der Waals surface area contributed by atoms with Crippen molar-refractivity contribution in [3.63, 3.8) is 0 Å². The number of alkyl halides is 3. The van der Waals surface area contributed by atoms with Crippen LogP contribution >= 0.6 is 0 Å². The smallest absolute Gasteiger partial charge is 0.433 e. The average molecular weight is 435 g/mol. The Morgan fingerprint density at radius 2 is 2.10 bits per heavy atom. The summed E-state index contributed by atoms with van der Waals surface area (Å²) in [5.74, 6) is 0.221. The molecule has 0 unspecified atom stereocenters. The Morgan fingerprint density at radius 3 is 2.71 bits per heavy atom. The molecule has 1 aliphatic rings. The van der Waals surface area contributed by atoms with Crippen LogP contribution in [0.3, 0.4) is 0 Å². The van der Waals surface area contributed by atoms with Gasteiger partial charge in [-0.1, -0.05) is 0 Å². The summed E-state index contributed by atoms with van der Waals surface area (Å²) in [6.07, 6.45) is -2.86. The lowest BCUT2D eigenvalue weighted by atomic mass is 10.1. The second-order valence-electron chi connectivity index (χ2n) is 6.86. The van der Waals surface area contributed by atoms with E-state index in [0.29, 0.717) is 30.9 Å². The zero-order chi connectivity index (χ0) is 22.6. The zero-order valence-electron chi connectivity index (χ0n) is 16.8. The number of fused-ring (bicyclic) bond motifs is 1. The first-order valence-corrected chi connectivity index (χ1v) is 9.28. The summed E-state index contributed by atoms with van der Waals surface area (Å²) in [4.78, 5) is 16.6. The summed E-state index contributed by atoms with van der Waals surface area (Å²) in [6, 6.07) is 3.82. The number of hydrogen-bond acceptors (Lipinski definition) is 8. The molecule has 0 fully saturated rings. The molecule has 1 aliphatic heterocycles. The molecule has 31 heavy (non-hydrogen) atoms. The summed E-state index contributed by atoms with van der Waals surface area (Å²) in [7, 11) is 0. The molecule has 1 amide bonds. The van der Waals surface area contributed by atoms with E-state index in [1.165, 1.54) is 13.0 Å². The van der Waals surface area contributed by atoms with Crippen LogP contribution in [0, 0.1) is 5.53 Å². The Hall–Kier alpha value is -3.57. The molecule has 0 radical (unpaired) electrons. The first kappa shape index (κ1) is 22.1. The number of carbonyl (C=O) groups is 1. The number of ether oxygens (including phenoxy) is 1. The maximum Gasteiger partial charge on any atom is 0.433 e. The molecule has 9 nitrogen and oxygen atoms in total. The van der Waals surface area contributed by atoms with E-state index in [2.05, 4.69) is 25.6 Å². The summed E-state index contributed by atoms with van der Waals surface area (Å²) in [6.45, 7) is 3.97. The summed E-state index contributed by atoms with van der Waals surface area (Å²) in [5.41, 5.74) is 8.78. The van der Waals surface area contributed by atoms with Gasteiger partial charge in [-0.25, -0.2) is 10.5 Å². The third-order valence-electron chi connectivity index (χ3n) is 4.69. The number of rotatable bonds is 6. The van der Waals surface area contributed by atoms with E-state index in [1.54, 1.807) is 17.9 Å². The van der Waals surface area contributed by atoms with Gasteiger partial charge in [0.15, 0.2) is 0 Å². The first-order chi connectivity index (χ1) is 14.7. The van der Waals surface area contributed by atoms with Crippen LogP contribution in [0.4, 0.5) is 18.9 Å². The maximum absolute atomic E-state index is 12.7. The van der Waals surface area contributed by atoms with Crippen molar-refractivity contribution in [1.82, 2.24) is 20.1 Å². The molecule has 0 bridgehead atoms. The number of halogens is 3. The normalized spacial score (nSPS) is 14.4. The van der Waals surface area contributed by atoms with E-state index in [9.17, 15) is 18.0 Å². The largest absolute Gasteiger partial charge is 0.470 e. The van der Waals surface area contributed by atoms with Crippen LogP contribution in [0.1, 0.15) is 30.8 Å². The van der Waals surface area contributed by atoms with Crippen LogP contribution in [0.5, 0.6) is 5.88 Å². The second kappa shape index (κ2) is 9.06. The molecule has 164 valence electrons. The number of pyridine rings is 1. The molecule has 0 spiro atoms. The number of allylic oxidation sites excluding steroid dienone is 1. The number of nitrogens with one attached hydrogen (secondary N) is 2. The highest BCUT2D eigenvalue weighted by Gasteiger charge is 2.32. The van der Waals surface area contributed by atoms with Crippen molar-refractivity contribution >= 4 is 11.6 Å². The third-order valence-corrected chi connectivity index (χ3v) is 4.69. The SMILES string of the molecule is CC(=O)N1CCc2cc(OC/C(Nc3ccc(C(F)(F)F)nc3)=C(\C)N=N)nnc2C1. The van der Waals surface area contributed by atoms with Gasteiger partial charge in [0.2, 0.25) is 11.8 Å². The maximum atomic E-state index is 12.7. The van der Waals surface area contributed by atoms with E-state index in [1.807, 2.05) is 0 Å². The van der Waals surface area contributed by atoms with Crippen LogP contribution in [0.15, 0.2) is 40.9 Å². The summed E-state index contributed by atoms with van der Waals surface area (Å²) in [5, 5.41) is 14.4. The van der Waals surface area contributed by atoms with Crippen molar-refractivity contribution < 1.29 is 22.7 Å². The Bertz CT molecular complexity index is 1010. The Morgan fingerprint density at radius 1 is 1.32 bits per heavy atom. The van der Waals surface area contributed by atoms with Gasteiger partial charge in [-0.05, 0) is 31.0 Å². The van der Waals surface area contributed by atoms with Gasteiger partial charge in [-0.2, -0.15) is 18.3 Å². The molecule has 0 aliphatic carbocycles. The van der Waals surface area contributed by atoms with Crippen LogP contribution < -0.4 is 10.1 Å². The molecule has 2 aromatic rings. The fourth-order valence-corrected chi connectivity index (χ4v) is 2.89. The van der Waals surface area contributed by atoms with Gasteiger partial charge in [0.25, 0.3) is 0 Å². The van der Waals surface area contributed by atoms with Crippen molar-refractivity contribution in [2.45, 2.75) is 33.0 Å². The Balaban J connectivity index is 1.69. The molecule has 12 heteroatoms. The fourth-order valence-electron chi connectivity index (χ4n) is 2.89. The topological polar surface area (TPSA) is 116 Å². The van der Waals surface area contributed by atoms with E-state index in [-0.39, 0.29) is 29.8 Å². The minimum atomic E-state index is -4.53. The van der Waals surface area contributed by atoms with Gasteiger partial charge < -0.3 is 15.0 Å². The van der Waals surface area contributed by atoms with Crippen molar-refractivity contribution in [3.8, 4) is 5.88 Å². The lowest BCUT2D eigenvalue weighted by Gasteiger charge is -2.26. The molecule has 2 aromatic heterocycles. The van der Waals surface area contributed by atoms with Gasteiger partial charge in [-0.15, -0.1) is 10.2 Å². The minimum absolute atomic E-state index is 0.0268. The molecule has 0 aromatic carbocycles. The number of aromatic nitrogens is 3. The van der Waals surface area contributed by atoms with E-state index in [4.69, 9.17) is 10.3 Å². The summed E-state index contributed by atoms with van der Waals surface area (Å²) >= 11 is 0. The van der Waals surface area contributed by atoms with Crippen LogP contribution in [0.2, 0.25) is 0 Å². The molecule has 0 atom stereocenters. The zero-order valence-corrected chi connectivity index (χ0v) is 16.8. The van der Waals surface area contributed by atoms with Crippen LogP contribution in [-0.2, 0) is 23.9 Å². The van der Waals surface area contributed by atoms with Gasteiger partial charge in [0.1, 0.15) is 12.3 Å². The molecule has 3 rings (SSSR count). The highest BCUT2D eigenvalue weighted by atomic mass is 19.4. The van der Waals surface area contributed by atoms with Crippen molar-refractivity contribution in [2.24, 2.45) is 5.11 Å². The quantitative estimate of drug-likeness (QED) is 0.671. The Labute approximate surface area is 175 Å². The van der Waals surface area contributed by atoms with E-state index in [0.717, 1.165) is 17.8 Å². The number of nitrogens with zero attached hydrogens (tertiary/aromatic N) is 5. The van der Waals surface area contributed by atoms with Crippen molar-refractivity contribution in [3.05, 3.63) is 52.7 Å². The Kier molecular flexibility index (Phi) is 6.47. The number of amides is 1. The van der Waals surface area contributed by atoms with Gasteiger partial charge >= 0.3 is 6.18 Å². The lowest BCUT2D eigenvalue weighted by molar-refractivity contribution is -0.141. The standard InChI is InChI=1S/C19H20F3N7O2/c1-11(26-23)16(25-14-3-4-17(24-8-14)19(20,21)22)10-31-18-7-13-5-6-29(12(2)30)9-15(13)27-28-18/h3-4,7-8,23,25H,5-6,9-10H2,1-2H3/b16-11-,26-23?. The fraction of sp³-hybridized carbons (Fsp3) is 0.368. The summed E-state index contributed by atoms with van der Waals surface area (Å²) < 4.78 is 43.7. The molecule has 0 saturated carbocycles. The molecule has 3 heterocycles.